The highest BCUT2D eigenvalue weighted by Crippen LogP contribution is 2.32. The summed E-state index contributed by atoms with van der Waals surface area (Å²) >= 11 is 0. The second-order valence-corrected chi connectivity index (χ2v) is 3.76. The smallest absolute Gasteiger partial charge is 0.389 e. The monoisotopic (exact) mass is 264 g/mol. The van der Waals surface area contributed by atoms with Crippen LogP contribution in [0.4, 0.5) is 18.9 Å². The van der Waals surface area contributed by atoms with E-state index >= 15 is 0 Å². The second-order valence-electron chi connectivity index (χ2n) is 3.76. The number of nitrogens with two attached hydrogens (primary N) is 1. The molecule has 8 heteroatoms. The Morgan fingerprint density at radius 3 is 2.56 bits per heavy atom. The van der Waals surface area contributed by atoms with Crippen molar-refractivity contribution in [3.8, 4) is 5.75 Å². The minimum Gasteiger partial charge on any atom is -0.508 e. The van der Waals surface area contributed by atoms with Crippen molar-refractivity contribution in [2.75, 3.05) is 0 Å². The van der Waals surface area contributed by atoms with Gasteiger partial charge in [0.2, 0.25) is 0 Å². The lowest BCUT2D eigenvalue weighted by Gasteiger charge is -2.13. The molecule has 0 aromatic heterocycles. The molecule has 18 heavy (non-hydrogen) atoms. The molecule has 3 N–H and O–H groups in total. The number of phenolic OH excluding ortho intramolecular Hbond substituents is 1. The maximum atomic E-state index is 12.0. The minimum absolute atomic E-state index is 0.107. The zero-order chi connectivity index (χ0) is 13.9. The first-order valence-corrected chi connectivity index (χ1v) is 5.00. The number of phenols is 1. The van der Waals surface area contributed by atoms with Crippen molar-refractivity contribution in [1.29, 1.82) is 0 Å². The van der Waals surface area contributed by atoms with E-state index in [0.717, 1.165) is 18.2 Å². The van der Waals surface area contributed by atoms with Crippen LogP contribution in [0.15, 0.2) is 18.2 Å². The van der Waals surface area contributed by atoms with E-state index in [0.29, 0.717) is 0 Å². The first-order chi connectivity index (χ1) is 8.20. The van der Waals surface area contributed by atoms with Crippen LogP contribution in [0.5, 0.6) is 5.75 Å². The lowest BCUT2D eigenvalue weighted by Crippen LogP contribution is -2.16. The summed E-state index contributed by atoms with van der Waals surface area (Å²) in [5.74, 6) is -0.280. The Bertz CT molecular complexity index is 448. The van der Waals surface area contributed by atoms with Gasteiger partial charge in [0, 0.05) is 18.5 Å². The molecule has 1 rings (SSSR count). The number of nitro groups is 1. The van der Waals surface area contributed by atoms with Gasteiger partial charge < -0.3 is 10.8 Å². The molecule has 1 atom stereocenters. The summed E-state index contributed by atoms with van der Waals surface area (Å²) in [5.41, 5.74) is 4.99. The van der Waals surface area contributed by atoms with Gasteiger partial charge in [0.1, 0.15) is 5.75 Å². The van der Waals surface area contributed by atoms with Crippen LogP contribution in [0, 0.1) is 10.1 Å². The maximum absolute atomic E-state index is 12.0. The second kappa shape index (κ2) is 5.21. The Balaban J connectivity index is 2.93. The molecule has 5 nitrogen and oxygen atoms in total. The third kappa shape index (κ3) is 3.88. The van der Waals surface area contributed by atoms with Gasteiger partial charge in [0.15, 0.2) is 0 Å². The molecular formula is C10H11F3N2O3. The number of halogens is 3. The van der Waals surface area contributed by atoms with E-state index in [1.54, 1.807) is 0 Å². The molecule has 0 fully saturated rings. The average molecular weight is 264 g/mol. The van der Waals surface area contributed by atoms with Crippen LogP contribution in [0.25, 0.3) is 0 Å². The number of hydrogen-bond donors (Lipinski definition) is 2. The third-order valence-corrected chi connectivity index (χ3v) is 2.35. The van der Waals surface area contributed by atoms with E-state index in [4.69, 9.17) is 5.73 Å². The SMILES string of the molecule is N[C@@H](CCC(F)(F)F)c1cc(O)ccc1[N+](=O)[O-]. The molecule has 0 amide bonds. The molecule has 0 radical (unpaired) electrons. The van der Waals surface area contributed by atoms with Gasteiger partial charge in [-0.3, -0.25) is 10.1 Å². The molecule has 0 saturated heterocycles. The summed E-state index contributed by atoms with van der Waals surface area (Å²) in [6, 6.07) is 1.95. The number of benzene rings is 1. The molecule has 0 saturated carbocycles. The summed E-state index contributed by atoms with van der Waals surface area (Å²) in [6.45, 7) is 0. The lowest BCUT2D eigenvalue weighted by atomic mass is 10.0. The number of nitro benzene ring substituents is 1. The number of aromatic hydroxyl groups is 1. The molecule has 100 valence electrons. The highest BCUT2D eigenvalue weighted by Gasteiger charge is 2.29. The lowest BCUT2D eigenvalue weighted by molar-refractivity contribution is -0.385. The van der Waals surface area contributed by atoms with Crippen molar-refractivity contribution in [3.63, 3.8) is 0 Å². The van der Waals surface area contributed by atoms with Crippen LogP contribution >= 0.6 is 0 Å². The van der Waals surface area contributed by atoms with Gasteiger partial charge >= 0.3 is 6.18 Å². The van der Waals surface area contributed by atoms with Crippen LogP contribution in [0.1, 0.15) is 24.4 Å². The highest BCUT2D eigenvalue weighted by atomic mass is 19.4. The van der Waals surface area contributed by atoms with E-state index < -0.39 is 35.7 Å². The standard InChI is InChI=1S/C10H11F3N2O3/c11-10(12,13)4-3-8(14)7-5-6(16)1-2-9(7)15(17)18/h1-2,5,8,16H,3-4,14H2/t8-/m0/s1. The van der Waals surface area contributed by atoms with Crippen molar-refractivity contribution in [2.45, 2.75) is 25.1 Å². The molecular weight excluding hydrogens is 253 g/mol. The number of rotatable bonds is 4. The molecule has 1 aromatic rings. The van der Waals surface area contributed by atoms with Gasteiger partial charge in [-0.05, 0) is 18.6 Å². The van der Waals surface area contributed by atoms with Crippen LogP contribution in [0.3, 0.4) is 0 Å². The minimum atomic E-state index is -4.37. The summed E-state index contributed by atoms with van der Waals surface area (Å²) < 4.78 is 36.1. The van der Waals surface area contributed by atoms with Gasteiger partial charge in [0.25, 0.3) is 5.69 Å². The first-order valence-electron chi connectivity index (χ1n) is 5.00. The topological polar surface area (TPSA) is 89.4 Å². The molecule has 0 unspecified atom stereocenters. The number of hydrogen-bond acceptors (Lipinski definition) is 4. The van der Waals surface area contributed by atoms with Crippen molar-refractivity contribution < 1.29 is 23.2 Å². The fourth-order valence-electron chi connectivity index (χ4n) is 1.48. The van der Waals surface area contributed by atoms with Crippen LogP contribution < -0.4 is 5.73 Å². The average Bonchev–Trinajstić information content (AvgIpc) is 2.24. The Labute approximate surface area is 100 Å². The van der Waals surface area contributed by atoms with Gasteiger partial charge in [0.05, 0.1) is 10.5 Å². The Morgan fingerprint density at radius 1 is 1.44 bits per heavy atom. The van der Waals surface area contributed by atoms with E-state index in [-0.39, 0.29) is 11.3 Å². The third-order valence-electron chi connectivity index (χ3n) is 2.35. The highest BCUT2D eigenvalue weighted by molar-refractivity contribution is 5.46. The van der Waals surface area contributed by atoms with Gasteiger partial charge in [-0.25, -0.2) is 0 Å². The first kappa shape index (κ1) is 14.2. The molecule has 0 aliphatic carbocycles. The zero-order valence-electron chi connectivity index (χ0n) is 9.15. The predicted molar refractivity (Wildman–Crippen MR) is 57.0 cm³/mol. The van der Waals surface area contributed by atoms with E-state index in [1.165, 1.54) is 0 Å². The van der Waals surface area contributed by atoms with Crippen LogP contribution in [-0.2, 0) is 0 Å². The summed E-state index contributed by atoms with van der Waals surface area (Å²) in [5, 5.41) is 19.9. The van der Waals surface area contributed by atoms with Gasteiger partial charge in [-0.2, -0.15) is 13.2 Å². The molecule has 0 heterocycles. The molecule has 0 aliphatic heterocycles. The number of alkyl halides is 3. The van der Waals surface area contributed by atoms with Crippen molar-refractivity contribution in [1.82, 2.24) is 0 Å². The summed E-state index contributed by atoms with van der Waals surface area (Å²) in [6.07, 6.45) is -5.99. The predicted octanol–water partition coefficient (Wildman–Crippen LogP) is 2.64. The van der Waals surface area contributed by atoms with E-state index in [9.17, 15) is 28.4 Å². The fraction of sp³-hybridized carbons (Fsp3) is 0.400. The number of nitrogens with zero attached hydrogens (tertiary/aromatic N) is 1. The van der Waals surface area contributed by atoms with Crippen molar-refractivity contribution in [2.24, 2.45) is 5.73 Å². The normalized spacial score (nSPS) is 13.3. The Kier molecular flexibility index (Phi) is 4.12. The Hall–Kier alpha value is -1.83. The van der Waals surface area contributed by atoms with Crippen molar-refractivity contribution >= 4 is 5.69 Å². The molecule has 1 aromatic carbocycles. The molecule has 0 spiro atoms. The zero-order valence-corrected chi connectivity index (χ0v) is 9.15. The molecule has 0 bridgehead atoms. The van der Waals surface area contributed by atoms with Crippen molar-refractivity contribution in [3.05, 3.63) is 33.9 Å². The quantitative estimate of drug-likeness (QED) is 0.646. The van der Waals surface area contributed by atoms with E-state index in [2.05, 4.69) is 0 Å². The largest absolute Gasteiger partial charge is 0.508 e. The van der Waals surface area contributed by atoms with Crippen LogP contribution in [-0.4, -0.2) is 16.2 Å². The van der Waals surface area contributed by atoms with Gasteiger partial charge in [-0.15, -0.1) is 0 Å². The summed E-state index contributed by atoms with van der Waals surface area (Å²) in [7, 11) is 0. The maximum Gasteiger partial charge on any atom is 0.389 e. The van der Waals surface area contributed by atoms with E-state index in [1.807, 2.05) is 0 Å². The molecule has 0 aliphatic rings. The fourth-order valence-corrected chi connectivity index (χ4v) is 1.48. The summed E-state index contributed by atoms with van der Waals surface area (Å²) in [4.78, 5) is 9.94. The van der Waals surface area contributed by atoms with Crippen LogP contribution in [0.2, 0.25) is 0 Å². The van der Waals surface area contributed by atoms with Gasteiger partial charge in [-0.1, -0.05) is 0 Å². The Morgan fingerprint density at radius 2 is 2.06 bits per heavy atom.